The van der Waals surface area contributed by atoms with Crippen molar-refractivity contribution in [2.24, 2.45) is 0 Å². The van der Waals surface area contributed by atoms with Crippen LogP contribution in [0.3, 0.4) is 0 Å². The second kappa shape index (κ2) is 5.78. The van der Waals surface area contributed by atoms with Crippen molar-refractivity contribution in [3.05, 3.63) is 51.1 Å². The summed E-state index contributed by atoms with van der Waals surface area (Å²) in [4.78, 5) is 14.9. The Morgan fingerprint density at radius 1 is 1.16 bits per heavy atom. The lowest BCUT2D eigenvalue weighted by molar-refractivity contribution is -0.136. The van der Waals surface area contributed by atoms with Crippen LogP contribution < -0.4 is 0 Å². The molecule has 0 spiro atoms. The number of halogens is 3. The van der Waals surface area contributed by atoms with Crippen LogP contribution in [0.1, 0.15) is 5.56 Å². The van der Waals surface area contributed by atoms with Crippen molar-refractivity contribution >= 4 is 40.8 Å². The van der Waals surface area contributed by atoms with Crippen LogP contribution in [0, 0.1) is 0 Å². The van der Waals surface area contributed by atoms with Crippen molar-refractivity contribution in [3.63, 3.8) is 0 Å². The highest BCUT2D eigenvalue weighted by Crippen LogP contribution is 2.30. The quantitative estimate of drug-likeness (QED) is 0.857. The van der Waals surface area contributed by atoms with Crippen molar-refractivity contribution in [2.45, 2.75) is 6.42 Å². The number of nitrogens with zero attached hydrogens (tertiary/aromatic N) is 1. The summed E-state index contributed by atoms with van der Waals surface area (Å²) < 4.78 is 0. The van der Waals surface area contributed by atoms with Gasteiger partial charge in [-0.15, -0.1) is 0 Å². The van der Waals surface area contributed by atoms with E-state index in [1.807, 2.05) is 0 Å². The lowest BCUT2D eigenvalue weighted by atomic mass is 10.1. The third-order valence-electron chi connectivity index (χ3n) is 2.42. The molecule has 0 bridgehead atoms. The van der Waals surface area contributed by atoms with Gasteiger partial charge in [-0.25, -0.2) is 4.98 Å². The SMILES string of the molecule is O=C(O)Cc1cc(Cl)nc(-c2ccc(Cl)cc2Cl)c1. The molecule has 1 aromatic heterocycles. The number of carboxylic acids is 1. The van der Waals surface area contributed by atoms with Crippen molar-refractivity contribution in [1.82, 2.24) is 4.98 Å². The fraction of sp³-hybridized carbons (Fsp3) is 0.0769. The third kappa shape index (κ3) is 3.60. The van der Waals surface area contributed by atoms with E-state index in [2.05, 4.69) is 4.98 Å². The molecule has 6 heteroatoms. The number of benzene rings is 1. The van der Waals surface area contributed by atoms with Gasteiger partial charge < -0.3 is 5.11 Å². The zero-order valence-electron chi connectivity index (χ0n) is 9.53. The molecule has 0 unspecified atom stereocenters. The summed E-state index contributed by atoms with van der Waals surface area (Å²) in [5.74, 6) is -0.935. The van der Waals surface area contributed by atoms with Gasteiger partial charge in [0.2, 0.25) is 0 Å². The number of carboxylic acid groups (broad SMARTS) is 1. The van der Waals surface area contributed by atoms with E-state index in [0.29, 0.717) is 26.9 Å². The van der Waals surface area contributed by atoms with Gasteiger partial charge >= 0.3 is 5.97 Å². The fourth-order valence-electron chi connectivity index (χ4n) is 1.66. The van der Waals surface area contributed by atoms with E-state index in [0.717, 1.165) is 0 Å². The molecule has 0 aliphatic rings. The maximum absolute atomic E-state index is 10.7. The zero-order chi connectivity index (χ0) is 14.0. The molecule has 1 heterocycles. The average molecular weight is 317 g/mol. The molecule has 1 N–H and O–H groups in total. The predicted molar refractivity (Wildman–Crippen MR) is 76.0 cm³/mol. The average Bonchev–Trinajstić information content (AvgIpc) is 2.26. The topological polar surface area (TPSA) is 50.2 Å². The first kappa shape index (κ1) is 14.1. The van der Waals surface area contributed by atoms with Crippen LogP contribution >= 0.6 is 34.8 Å². The van der Waals surface area contributed by atoms with Gasteiger partial charge in [0.1, 0.15) is 5.15 Å². The van der Waals surface area contributed by atoms with E-state index in [4.69, 9.17) is 39.9 Å². The first-order valence-electron chi connectivity index (χ1n) is 5.29. The Kier molecular flexibility index (Phi) is 4.30. The van der Waals surface area contributed by atoms with Gasteiger partial charge in [0.25, 0.3) is 0 Å². The lowest BCUT2D eigenvalue weighted by Gasteiger charge is -2.07. The van der Waals surface area contributed by atoms with Gasteiger partial charge in [0, 0.05) is 10.6 Å². The normalized spacial score (nSPS) is 10.5. The van der Waals surface area contributed by atoms with Crippen LogP contribution in [0.4, 0.5) is 0 Å². The molecule has 0 amide bonds. The monoisotopic (exact) mass is 315 g/mol. The van der Waals surface area contributed by atoms with Gasteiger partial charge in [-0.3, -0.25) is 4.79 Å². The molecule has 0 aliphatic carbocycles. The van der Waals surface area contributed by atoms with Gasteiger partial charge in [0.05, 0.1) is 17.1 Å². The van der Waals surface area contributed by atoms with Crippen LogP contribution in [-0.2, 0) is 11.2 Å². The van der Waals surface area contributed by atoms with Crippen LogP contribution in [0.25, 0.3) is 11.3 Å². The molecular weight excluding hydrogens is 309 g/mol. The maximum atomic E-state index is 10.7. The highest BCUT2D eigenvalue weighted by atomic mass is 35.5. The molecule has 3 nitrogen and oxygen atoms in total. The van der Waals surface area contributed by atoms with Crippen molar-refractivity contribution in [3.8, 4) is 11.3 Å². The van der Waals surface area contributed by atoms with Crippen LogP contribution in [-0.4, -0.2) is 16.1 Å². The Labute approximate surface area is 124 Å². The fourth-order valence-corrected chi connectivity index (χ4v) is 2.40. The largest absolute Gasteiger partial charge is 0.481 e. The first-order valence-corrected chi connectivity index (χ1v) is 6.43. The highest BCUT2D eigenvalue weighted by molar-refractivity contribution is 6.36. The minimum absolute atomic E-state index is 0.125. The van der Waals surface area contributed by atoms with Gasteiger partial charge in [-0.05, 0) is 35.9 Å². The van der Waals surface area contributed by atoms with E-state index in [1.165, 1.54) is 6.07 Å². The molecule has 0 saturated heterocycles. The molecule has 0 saturated carbocycles. The summed E-state index contributed by atoms with van der Waals surface area (Å²) >= 11 is 17.8. The Hall–Kier alpha value is -1.29. The molecule has 0 fully saturated rings. The Morgan fingerprint density at radius 3 is 2.53 bits per heavy atom. The standard InChI is InChI=1S/C13H8Cl3NO2/c14-8-1-2-9(10(15)6-8)11-3-7(5-13(18)19)4-12(16)17-11/h1-4,6H,5H2,(H,18,19). The Balaban J connectivity index is 2.49. The predicted octanol–water partition coefficient (Wildman–Crippen LogP) is 4.34. The number of rotatable bonds is 3. The summed E-state index contributed by atoms with van der Waals surface area (Å²) in [6.45, 7) is 0. The van der Waals surface area contributed by atoms with Gasteiger partial charge in [-0.1, -0.05) is 34.8 Å². The van der Waals surface area contributed by atoms with Crippen molar-refractivity contribution < 1.29 is 9.90 Å². The summed E-state index contributed by atoms with van der Waals surface area (Å²) in [6, 6.07) is 8.16. The molecular formula is C13H8Cl3NO2. The lowest BCUT2D eigenvalue weighted by Crippen LogP contribution is -2.01. The zero-order valence-corrected chi connectivity index (χ0v) is 11.8. The third-order valence-corrected chi connectivity index (χ3v) is 3.16. The summed E-state index contributed by atoms with van der Waals surface area (Å²) in [5.41, 5.74) is 1.74. The molecule has 1 aromatic carbocycles. The number of hydrogen-bond acceptors (Lipinski definition) is 2. The van der Waals surface area contributed by atoms with E-state index in [-0.39, 0.29) is 11.6 Å². The van der Waals surface area contributed by atoms with Crippen LogP contribution in [0.5, 0.6) is 0 Å². The minimum atomic E-state index is -0.935. The van der Waals surface area contributed by atoms with Crippen LogP contribution in [0.15, 0.2) is 30.3 Å². The van der Waals surface area contributed by atoms with Crippen molar-refractivity contribution in [2.75, 3.05) is 0 Å². The number of carbonyl (C=O) groups is 1. The summed E-state index contributed by atoms with van der Waals surface area (Å²) in [5, 5.41) is 9.97. The maximum Gasteiger partial charge on any atom is 0.307 e. The number of pyridine rings is 1. The summed E-state index contributed by atoms with van der Waals surface area (Å²) in [6.07, 6.45) is -0.125. The van der Waals surface area contributed by atoms with Gasteiger partial charge in [-0.2, -0.15) is 0 Å². The van der Waals surface area contributed by atoms with E-state index in [9.17, 15) is 4.79 Å². The Bertz CT molecular complexity index is 644. The number of aliphatic carboxylic acids is 1. The number of aromatic nitrogens is 1. The first-order chi connectivity index (χ1) is 8.95. The summed E-state index contributed by atoms with van der Waals surface area (Å²) in [7, 11) is 0. The molecule has 2 rings (SSSR count). The minimum Gasteiger partial charge on any atom is -0.481 e. The molecule has 98 valence electrons. The van der Waals surface area contributed by atoms with Crippen molar-refractivity contribution in [1.29, 1.82) is 0 Å². The van der Waals surface area contributed by atoms with Gasteiger partial charge in [0.15, 0.2) is 0 Å². The van der Waals surface area contributed by atoms with Crippen LogP contribution in [0.2, 0.25) is 15.2 Å². The molecule has 0 radical (unpaired) electrons. The molecule has 19 heavy (non-hydrogen) atoms. The van der Waals surface area contributed by atoms with E-state index >= 15 is 0 Å². The molecule has 2 aromatic rings. The molecule has 0 atom stereocenters. The van der Waals surface area contributed by atoms with E-state index < -0.39 is 5.97 Å². The molecule has 0 aliphatic heterocycles. The second-order valence-electron chi connectivity index (χ2n) is 3.88. The highest BCUT2D eigenvalue weighted by Gasteiger charge is 2.10. The number of hydrogen-bond donors (Lipinski definition) is 1. The second-order valence-corrected chi connectivity index (χ2v) is 5.11. The smallest absolute Gasteiger partial charge is 0.307 e. The Morgan fingerprint density at radius 2 is 1.89 bits per heavy atom. The van der Waals surface area contributed by atoms with E-state index in [1.54, 1.807) is 24.3 Å².